The van der Waals surface area contributed by atoms with Gasteiger partial charge >= 0.3 is 0 Å². The lowest BCUT2D eigenvalue weighted by Crippen LogP contribution is -2.37. The number of likely N-dealkylation sites (N-methyl/N-ethyl adjacent to an activating group) is 1. The second-order valence-corrected chi connectivity index (χ2v) is 6.06. The monoisotopic (exact) mass is 284 g/mol. The number of ether oxygens (including phenoxy) is 1. The van der Waals surface area contributed by atoms with Gasteiger partial charge in [-0.2, -0.15) is 0 Å². The Morgan fingerprint density at radius 3 is 2.47 bits per heavy atom. The molecular weight excluding hydrogens is 268 g/mol. The maximum atomic E-state index is 12.2. The fourth-order valence-electron chi connectivity index (χ4n) is 1.98. The molecule has 0 spiro atoms. The molecule has 2 rings (SSSR count). The first-order valence-corrected chi connectivity index (χ1v) is 7.42. The summed E-state index contributed by atoms with van der Waals surface area (Å²) in [5.41, 5.74) is 0.432. The molecule has 1 unspecified atom stereocenters. The van der Waals surface area contributed by atoms with Gasteiger partial charge in [0, 0.05) is 19.2 Å². The minimum Gasteiger partial charge on any atom is -0.379 e. The van der Waals surface area contributed by atoms with Crippen molar-refractivity contribution in [1.82, 2.24) is 4.90 Å². The van der Waals surface area contributed by atoms with E-state index in [4.69, 9.17) is 9.88 Å². The SMILES string of the molecule is CN(C(=O)c1ccc(S(N)(=O)=O)cc1)C1CCOC1. The molecule has 0 aliphatic carbocycles. The number of benzene rings is 1. The summed E-state index contributed by atoms with van der Waals surface area (Å²) in [5.74, 6) is -0.156. The van der Waals surface area contributed by atoms with Crippen molar-refractivity contribution < 1.29 is 17.9 Å². The molecule has 19 heavy (non-hydrogen) atoms. The number of amides is 1. The molecule has 0 saturated carbocycles. The van der Waals surface area contributed by atoms with E-state index in [1.165, 1.54) is 24.3 Å². The third-order valence-electron chi connectivity index (χ3n) is 3.20. The van der Waals surface area contributed by atoms with E-state index in [1.807, 2.05) is 0 Å². The summed E-state index contributed by atoms with van der Waals surface area (Å²) >= 11 is 0. The minimum atomic E-state index is -3.73. The van der Waals surface area contributed by atoms with Gasteiger partial charge in [-0.05, 0) is 30.7 Å². The Bertz CT molecular complexity index is 562. The Morgan fingerprint density at radius 1 is 1.37 bits per heavy atom. The summed E-state index contributed by atoms with van der Waals surface area (Å²) in [7, 11) is -2.01. The smallest absolute Gasteiger partial charge is 0.253 e. The summed E-state index contributed by atoms with van der Waals surface area (Å²) in [6, 6.07) is 5.68. The van der Waals surface area contributed by atoms with Gasteiger partial charge in [-0.1, -0.05) is 0 Å². The molecule has 2 N–H and O–H groups in total. The summed E-state index contributed by atoms with van der Waals surface area (Å²) in [5, 5.41) is 5.00. The summed E-state index contributed by atoms with van der Waals surface area (Å²) in [6.07, 6.45) is 0.817. The topological polar surface area (TPSA) is 89.7 Å². The van der Waals surface area contributed by atoms with Crippen LogP contribution in [0.5, 0.6) is 0 Å². The lowest BCUT2D eigenvalue weighted by Gasteiger charge is -2.23. The second-order valence-electron chi connectivity index (χ2n) is 4.50. The highest BCUT2D eigenvalue weighted by Crippen LogP contribution is 2.15. The normalized spacial score (nSPS) is 19.4. The van der Waals surface area contributed by atoms with Crippen LogP contribution in [0.1, 0.15) is 16.8 Å². The Morgan fingerprint density at radius 2 is 2.00 bits per heavy atom. The van der Waals surface area contributed by atoms with Crippen LogP contribution in [0.3, 0.4) is 0 Å². The van der Waals surface area contributed by atoms with Crippen molar-refractivity contribution in [3.8, 4) is 0 Å². The molecule has 1 aliphatic heterocycles. The van der Waals surface area contributed by atoms with Crippen molar-refractivity contribution in [3.63, 3.8) is 0 Å². The molecule has 7 heteroatoms. The first-order valence-electron chi connectivity index (χ1n) is 5.87. The van der Waals surface area contributed by atoms with Crippen LogP contribution in [0, 0.1) is 0 Å². The third kappa shape index (κ3) is 3.12. The van der Waals surface area contributed by atoms with E-state index >= 15 is 0 Å². The van der Waals surface area contributed by atoms with Crippen LogP contribution in [0.25, 0.3) is 0 Å². The second kappa shape index (κ2) is 5.28. The van der Waals surface area contributed by atoms with Gasteiger partial charge in [-0.3, -0.25) is 4.79 Å². The fourth-order valence-corrected chi connectivity index (χ4v) is 2.50. The summed E-state index contributed by atoms with van der Waals surface area (Å²) in [4.78, 5) is 13.8. The van der Waals surface area contributed by atoms with Crippen LogP contribution in [0.15, 0.2) is 29.2 Å². The molecule has 104 valence electrons. The van der Waals surface area contributed by atoms with Gasteiger partial charge in [-0.25, -0.2) is 13.6 Å². The van der Waals surface area contributed by atoms with Crippen molar-refractivity contribution in [2.24, 2.45) is 5.14 Å². The summed E-state index contributed by atoms with van der Waals surface area (Å²) in [6.45, 7) is 1.20. The molecule has 1 saturated heterocycles. The Labute approximate surface area is 112 Å². The van der Waals surface area contributed by atoms with Gasteiger partial charge in [0.15, 0.2) is 0 Å². The standard InChI is InChI=1S/C12H16N2O4S/c1-14(10-6-7-18-8-10)12(15)9-2-4-11(5-3-9)19(13,16)17/h2-5,10H,6-8H2,1H3,(H2,13,16,17). The van der Waals surface area contributed by atoms with E-state index in [2.05, 4.69) is 0 Å². The number of hydrogen-bond donors (Lipinski definition) is 1. The lowest BCUT2D eigenvalue weighted by molar-refractivity contribution is 0.0711. The van der Waals surface area contributed by atoms with Crippen LogP contribution < -0.4 is 5.14 Å². The average molecular weight is 284 g/mol. The van der Waals surface area contributed by atoms with E-state index < -0.39 is 10.0 Å². The summed E-state index contributed by atoms with van der Waals surface area (Å²) < 4.78 is 27.5. The number of rotatable bonds is 3. The molecule has 1 heterocycles. The number of primary sulfonamides is 1. The minimum absolute atomic E-state index is 0.00379. The zero-order valence-corrected chi connectivity index (χ0v) is 11.4. The molecule has 6 nitrogen and oxygen atoms in total. The molecule has 0 aromatic heterocycles. The van der Waals surface area contributed by atoms with Crippen LogP contribution in [-0.2, 0) is 14.8 Å². The third-order valence-corrected chi connectivity index (χ3v) is 4.13. The van der Waals surface area contributed by atoms with Gasteiger partial charge < -0.3 is 9.64 Å². The fraction of sp³-hybridized carbons (Fsp3) is 0.417. The molecule has 1 atom stereocenters. The Kier molecular flexibility index (Phi) is 3.88. The average Bonchev–Trinajstić information content (AvgIpc) is 2.90. The van der Waals surface area contributed by atoms with Crippen molar-refractivity contribution >= 4 is 15.9 Å². The molecule has 1 aromatic rings. The van der Waals surface area contributed by atoms with E-state index in [0.717, 1.165) is 6.42 Å². The predicted octanol–water partition coefficient (Wildman–Crippen LogP) is 0.195. The van der Waals surface area contributed by atoms with Crippen molar-refractivity contribution in [3.05, 3.63) is 29.8 Å². The highest BCUT2D eigenvalue weighted by molar-refractivity contribution is 7.89. The molecular formula is C12H16N2O4S. The van der Waals surface area contributed by atoms with Gasteiger partial charge in [0.25, 0.3) is 5.91 Å². The largest absolute Gasteiger partial charge is 0.379 e. The molecule has 1 fully saturated rings. The van der Waals surface area contributed by atoms with Gasteiger partial charge in [0.05, 0.1) is 17.5 Å². The van der Waals surface area contributed by atoms with Gasteiger partial charge in [0.2, 0.25) is 10.0 Å². The number of hydrogen-bond acceptors (Lipinski definition) is 4. The maximum Gasteiger partial charge on any atom is 0.253 e. The van der Waals surface area contributed by atoms with Gasteiger partial charge in [0.1, 0.15) is 0 Å². The van der Waals surface area contributed by atoms with Crippen LogP contribution in [-0.4, -0.2) is 45.5 Å². The number of nitrogens with two attached hydrogens (primary N) is 1. The molecule has 0 radical (unpaired) electrons. The van der Waals surface area contributed by atoms with Crippen LogP contribution in [0.2, 0.25) is 0 Å². The van der Waals surface area contributed by atoms with Crippen molar-refractivity contribution in [2.75, 3.05) is 20.3 Å². The quantitative estimate of drug-likeness (QED) is 0.858. The van der Waals surface area contributed by atoms with E-state index in [-0.39, 0.29) is 16.8 Å². The zero-order valence-electron chi connectivity index (χ0n) is 10.6. The Hall–Kier alpha value is -1.44. The number of carbonyl (C=O) groups is 1. The number of sulfonamides is 1. The lowest BCUT2D eigenvalue weighted by atomic mass is 10.1. The van der Waals surface area contributed by atoms with Crippen molar-refractivity contribution in [1.29, 1.82) is 0 Å². The molecule has 1 amide bonds. The predicted molar refractivity (Wildman–Crippen MR) is 69.1 cm³/mol. The Balaban J connectivity index is 2.15. The number of carbonyl (C=O) groups excluding carboxylic acids is 1. The highest BCUT2D eigenvalue weighted by Gasteiger charge is 2.25. The molecule has 0 bridgehead atoms. The zero-order chi connectivity index (χ0) is 14.0. The first-order chi connectivity index (χ1) is 8.89. The van der Waals surface area contributed by atoms with E-state index in [1.54, 1.807) is 11.9 Å². The van der Waals surface area contributed by atoms with E-state index in [0.29, 0.717) is 18.8 Å². The van der Waals surface area contributed by atoms with Crippen molar-refractivity contribution in [2.45, 2.75) is 17.4 Å². The molecule has 1 aliphatic rings. The van der Waals surface area contributed by atoms with Crippen LogP contribution >= 0.6 is 0 Å². The van der Waals surface area contributed by atoms with Crippen LogP contribution in [0.4, 0.5) is 0 Å². The molecule has 1 aromatic carbocycles. The first kappa shape index (κ1) is 14.0. The maximum absolute atomic E-state index is 12.2. The highest BCUT2D eigenvalue weighted by atomic mass is 32.2. The van der Waals surface area contributed by atoms with Gasteiger partial charge in [-0.15, -0.1) is 0 Å². The number of nitrogens with zero attached hydrogens (tertiary/aromatic N) is 1. The van der Waals surface area contributed by atoms with E-state index in [9.17, 15) is 13.2 Å².